The Hall–Kier alpha value is -0.870. The normalized spacial score (nSPS) is 13.1. The number of alkyl halides is 2. The molecule has 108 valence electrons. The number of ether oxygens (including phenoxy) is 1. The van der Waals surface area contributed by atoms with Crippen LogP contribution >= 0.6 is 11.6 Å². The molecular weight excluding hydrogens is 272 g/mol. The van der Waals surface area contributed by atoms with Crippen LogP contribution in [-0.2, 0) is 6.54 Å². The summed E-state index contributed by atoms with van der Waals surface area (Å²) >= 11 is 5.89. The van der Waals surface area contributed by atoms with Crippen molar-refractivity contribution in [3.63, 3.8) is 0 Å². The maximum atomic E-state index is 12.3. The molecule has 0 spiro atoms. The number of nitrogens with one attached hydrogen (secondary N) is 1. The van der Waals surface area contributed by atoms with E-state index in [2.05, 4.69) is 30.8 Å². The summed E-state index contributed by atoms with van der Waals surface area (Å²) in [4.78, 5) is 0. The lowest BCUT2D eigenvalue weighted by Gasteiger charge is -2.21. The van der Waals surface area contributed by atoms with Crippen molar-refractivity contribution in [3.05, 3.63) is 28.8 Å². The van der Waals surface area contributed by atoms with E-state index in [1.54, 1.807) is 12.1 Å². The highest BCUT2D eigenvalue weighted by Crippen LogP contribution is 2.24. The number of halogens is 3. The Kier molecular flexibility index (Phi) is 6.52. The molecule has 0 aromatic heterocycles. The Balaban J connectivity index is 2.77. The standard InChI is InChI=1S/C14H20ClF2NO/c1-4-12(9(2)3)18-8-10-7-11(15)5-6-13(10)19-14(16)17/h5-7,9,12,14,18H,4,8H2,1-3H3. The molecule has 0 bridgehead atoms. The van der Waals surface area contributed by atoms with Gasteiger partial charge in [-0.1, -0.05) is 32.4 Å². The highest BCUT2D eigenvalue weighted by atomic mass is 35.5. The average molecular weight is 292 g/mol. The minimum Gasteiger partial charge on any atom is -0.434 e. The maximum Gasteiger partial charge on any atom is 0.387 e. The minimum atomic E-state index is -2.83. The van der Waals surface area contributed by atoms with Gasteiger partial charge in [0.15, 0.2) is 0 Å². The van der Waals surface area contributed by atoms with Crippen molar-refractivity contribution in [2.24, 2.45) is 5.92 Å². The molecule has 0 saturated carbocycles. The summed E-state index contributed by atoms with van der Waals surface area (Å²) < 4.78 is 29.1. The predicted molar refractivity (Wildman–Crippen MR) is 73.8 cm³/mol. The molecule has 1 atom stereocenters. The van der Waals surface area contributed by atoms with Gasteiger partial charge >= 0.3 is 6.61 Å². The Morgan fingerprint density at radius 2 is 2.00 bits per heavy atom. The van der Waals surface area contributed by atoms with Crippen molar-refractivity contribution in [1.29, 1.82) is 0 Å². The lowest BCUT2D eigenvalue weighted by atomic mass is 10.0. The molecule has 1 N–H and O–H groups in total. The average Bonchev–Trinajstić information content (AvgIpc) is 2.32. The fourth-order valence-electron chi connectivity index (χ4n) is 1.99. The third-order valence-electron chi connectivity index (χ3n) is 3.04. The van der Waals surface area contributed by atoms with E-state index in [0.29, 0.717) is 29.1 Å². The van der Waals surface area contributed by atoms with Crippen LogP contribution in [0.3, 0.4) is 0 Å². The van der Waals surface area contributed by atoms with Crippen LogP contribution in [0.4, 0.5) is 8.78 Å². The van der Waals surface area contributed by atoms with Crippen LogP contribution in [-0.4, -0.2) is 12.7 Å². The zero-order valence-corrected chi connectivity index (χ0v) is 12.2. The van der Waals surface area contributed by atoms with Crippen molar-refractivity contribution >= 4 is 11.6 Å². The quantitative estimate of drug-likeness (QED) is 0.800. The third-order valence-corrected chi connectivity index (χ3v) is 3.27. The van der Waals surface area contributed by atoms with E-state index in [1.165, 1.54) is 6.07 Å². The van der Waals surface area contributed by atoms with Gasteiger partial charge in [-0.05, 0) is 30.5 Å². The van der Waals surface area contributed by atoms with Crippen LogP contribution in [0.2, 0.25) is 5.02 Å². The molecule has 1 unspecified atom stereocenters. The summed E-state index contributed by atoms with van der Waals surface area (Å²) in [5.41, 5.74) is 0.645. The predicted octanol–water partition coefficient (Wildman–Crippen LogP) is 4.47. The van der Waals surface area contributed by atoms with Gasteiger partial charge in [-0.2, -0.15) is 8.78 Å². The summed E-state index contributed by atoms with van der Waals surface area (Å²) in [7, 11) is 0. The van der Waals surface area contributed by atoms with Crippen molar-refractivity contribution < 1.29 is 13.5 Å². The first-order valence-corrected chi connectivity index (χ1v) is 6.78. The monoisotopic (exact) mass is 291 g/mol. The molecule has 0 radical (unpaired) electrons. The van der Waals surface area contributed by atoms with Gasteiger partial charge in [0.05, 0.1) is 0 Å². The lowest BCUT2D eigenvalue weighted by molar-refractivity contribution is -0.0505. The number of benzene rings is 1. The zero-order chi connectivity index (χ0) is 14.4. The van der Waals surface area contributed by atoms with E-state index in [4.69, 9.17) is 11.6 Å². The molecule has 0 heterocycles. The highest BCUT2D eigenvalue weighted by Gasteiger charge is 2.14. The van der Waals surface area contributed by atoms with Crippen LogP contribution < -0.4 is 10.1 Å². The van der Waals surface area contributed by atoms with Gasteiger partial charge in [0.1, 0.15) is 5.75 Å². The van der Waals surface area contributed by atoms with E-state index in [0.717, 1.165) is 6.42 Å². The van der Waals surface area contributed by atoms with Gasteiger partial charge in [-0.15, -0.1) is 0 Å². The van der Waals surface area contributed by atoms with Crippen LogP contribution in [0.1, 0.15) is 32.8 Å². The smallest absolute Gasteiger partial charge is 0.387 e. The Morgan fingerprint density at radius 1 is 1.32 bits per heavy atom. The molecule has 2 nitrogen and oxygen atoms in total. The largest absolute Gasteiger partial charge is 0.434 e. The molecule has 19 heavy (non-hydrogen) atoms. The van der Waals surface area contributed by atoms with E-state index in [1.807, 2.05) is 0 Å². The molecule has 0 amide bonds. The van der Waals surface area contributed by atoms with Gasteiger partial charge < -0.3 is 10.1 Å². The number of hydrogen-bond acceptors (Lipinski definition) is 2. The summed E-state index contributed by atoms with van der Waals surface area (Å²) in [6.07, 6.45) is 0.975. The topological polar surface area (TPSA) is 21.3 Å². The first-order valence-electron chi connectivity index (χ1n) is 6.40. The Morgan fingerprint density at radius 3 is 2.53 bits per heavy atom. The first kappa shape index (κ1) is 16.2. The van der Waals surface area contributed by atoms with Crippen LogP contribution in [0.15, 0.2) is 18.2 Å². The second-order valence-corrected chi connectivity index (χ2v) is 5.21. The molecule has 1 rings (SSSR count). The van der Waals surface area contributed by atoms with Gasteiger partial charge in [0, 0.05) is 23.2 Å². The molecule has 0 aliphatic carbocycles. The van der Waals surface area contributed by atoms with Gasteiger partial charge in [0.2, 0.25) is 0 Å². The molecule has 1 aromatic rings. The summed E-state index contributed by atoms with van der Waals surface area (Å²) in [5, 5.41) is 3.85. The summed E-state index contributed by atoms with van der Waals surface area (Å²) in [6, 6.07) is 5.00. The van der Waals surface area contributed by atoms with E-state index >= 15 is 0 Å². The van der Waals surface area contributed by atoms with E-state index in [9.17, 15) is 8.78 Å². The third kappa shape index (κ3) is 5.33. The lowest BCUT2D eigenvalue weighted by Crippen LogP contribution is -2.32. The number of rotatable bonds is 7. The molecule has 0 aliphatic rings. The first-order chi connectivity index (χ1) is 8.93. The van der Waals surface area contributed by atoms with Crippen molar-refractivity contribution in [2.75, 3.05) is 0 Å². The van der Waals surface area contributed by atoms with Crippen LogP contribution in [0.25, 0.3) is 0 Å². The van der Waals surface area contributed by atoms with Gasteiger partial charge in [-0.3, -0.25) is 0 Å². The minimum absolute atomic E-state index is 0.172. The van der Waals surface area contributed by atoms with Crippen LogP contribution in [0, 0.1) is 5.92 Å². The highest BCUT2D eigenvalue weighted by molar-refractivity contribution is 6.30. The Labute approximate surface area is 118 Å². The maximum absolute atomic E-state index is 12.3. The molecule has 0 saturated heterocycles. The SMILES string of the molecule is CCC(NCc1cc(Cl)ccc1OC(F)F)C(C)C. The summed E-state index contributed by atoms with van der Waals surface area (Å²) in [5.74, 6) is 0.647. The second-order valence-electron chi connectivity index (χ2n) is 4.77. The molecular formula is C14H20ClF2NO. The van der Waals surface area contributed by atoms with Crippen molar-refractivity contribution in [1.82, 2.24) is 5.32 Å². The van der Waals surface area contributed by atoms with E-state index < -0.39 is 6.61 Å². The van der Waals surface area contributed by atoms with Crippen molar-refractivity contribution in [2.45, 2.75) is 46.4 Å². The van der Waals surface area contributed by atoms with Gasteiger partial charge in [-0.25, -0.2) is 0 Å². The fraction of sp³-hybridized carbons (Fsp3) is 0.571. The molecule has 0 fully saturated rings. The molecule has 0 aliphatic heterocycles. The zero-order valence-electron chi connectivity index (χ0n) is 11.4. The fourth-order valence-corrected chi connectivity index (χ4v) is 2.18. The Bertz CT molecular complexity index is 399. The van der Waals surface area contributed by atoms with Crippen molar-refractivity contribution in [3.8, 4) is 5.75 Å². The van der Waals surface area contributed by atoms with Crippen LogP contribution in [0.5, 0.6) is 5.75 Å². The van der Waals surface area contributed by atoms with E-state index in [-0.39, 0.29) is 5.75 Å². The number of hydrogen-bond donors (Lipinski definition) is 1. The van der Waals surface area contributed by atoms with Gasteiger partial charge in [0.25, 0.3) is 0 Å². The molecule has 5 heteroatoms. The summed E-state index contributed by atoms with van der Waals surface area (Å²) in [6.45, 7) is 3.96. The molecule has 1 aromatic carbocycles. The second kappa shape index (κ2) is 7.65.